The number of alkyl halides is 3. The number of nitrogens with zero attached hydrogens (tertiary/aromatic N) is 1. The van der Waals surface area contributed by atoms with Gasteiger partial charge in [0, 0.05) is 0 Å². The van der Waals surface area contributed by atoms with Gasteiger partial charge >= 0.3 is 12.2 Å². The van der Waals surface area contributed by atoms with Gasteiger partial charge in [-0.05, 0) is 42.0 Å². The molecule has 1 fully saturated rings. The lowest BCUT2D eigenvalue weighted by Gasteiger charge is -2.27. The third kappa shape index (κ3) is 3.45. The monoisotopic (exact) mass is 438 g/mol. The first-order valence-corrected chi connectivity index (χ1v) is 8.71. The van der Waals surface area contributed by atoms with E-state index in [9.17, 15) is 27.6 Å². The number of urea groups is 1. The Kier molecular flexibility index (Phi) is 4.65. The number of benzene rings is 2. The number of carbonyl (C=O) groups is 3. The molecular weight excluding hydrogens is 429 g/mol. The summed E-state index contributed by atoms with van der Waals surface area (Å²) in [7, 11) is 0. The Hall–Kier alpha value is -3.53. The first-order valence-electron chi connectivity index (χ1n) is 8.33. The third-order valence-electron chi connectivity index (χ3n) is 4.32. The van der Waals surface area contributed by atoms with Crippen molar-refractivity contribution in [3.05, 3.63) is 58.1 Å². The standard InChI is InChI=1S/C19H10ClF3N2O5/c20-12-3-2-10(19(21,22)23)7-13(12)25-17(27)11(16(26)24-18(25)28)5-9-1-4-14-15(6-9)30-8-29-14/h1-7H,8H2,(H,24,26,28). The quantitative estimate of drug-likeness (QED) is 0.570. The van der Waals surface area contributed by atoms with Gasteiger partial charge in [-0.25, -0.2) is 9.69 Å². The van der Waals surface area contributed by atoms with Gasteiger partial charge in [0.25, 0.3) is 11.8 Å². The number of amides is 4. The number of fused-ring (bicyclic) bond motifs is 1. The van der Waals surface area contributed by atoms with Crippen LogP contribution in [0, 0.1) is 0 Å². The zero-order chi connectivity index (χ0) is 21.6. The number of hydrogen-bond donors (Lipinski definition) is 1. The lowest BCUT2D eigenvalue weighted by Crippen LogP contribution is -2.54. The van der Waals surface area contributed by atoms with E-state index in [-0.39, 0.29) is 11.8 Å². The molecule has 0 spiro atoms. The van der Waals surface area contributed by atoms with Crippen molar-refractivity contribution in [3.8, 4) is 11.5 Å². The van der Waals surface area contributed by atoms with Crippen molar-refractivity contribution < 1.29 is 37.0 Å². The van der Waals surface area contributed by atoms with E-state index >= 15 is 0 Å². The fourth-order valence-electron chi connectivity index (χ4n) is 2.91. The average Bonchev–Trinajstić information content (AvgIpc) is 3.13. The summed E-state index contributed by atoms with van der Waals surface area (Å²) in [4.78, 5) is 37.7. The van der Waals surface area contributed by atoms with E-state index in [1.165, 1.54) is 12.1 Å². The molecule has 154 valence electrons. The zero-order valence-electron chi connectivity index (χ0n) is 14.7. The topological polar surface area (TPSA) is 84.9 Å². The number of rotatable bonds is 2. The molecule has 1 N–H and O–H groups in total. The SMILES string of the molecule is O=C1NC(=O)N(c2cc(C(F)(F)F)ccc2Cl)C(=O)C1=Cc1ccc2c(c1)OCO2. The molecule has 2 heterocycles. The Morgan fingerprint density at radius 3 is 2.50 bits per heavy atom. The van der Waals surface area contributed by atoms with Crippen LogP contribution in [0.3, 0.4) is 0 Å². The van der Waals surface area contributed by atoms with Gasteiger partial charge in [0.15, 0.2) is 11.5 Å². The van der Waals surface area contributed by atoms with E-state index in [0.29, 0.717) is 34.1 Å². The summed E-state index contributed by atoms with van der Waals surface area (Å²) in [5, 5.41) is 1.65. The second-order valence-electron chi connectivity index (χ2n) is 6.23. The highest BCUT2D eigenvalue weighted by Crippen LogP contribution is 2.37. The lowest BCUT2D eigenvalue weighted by atomic mass is 10.1. The number of nitrogens with one attached hydrogen (secondary N) is 1. The van der Waals surface area contributed by atoms with Gasteiger partial charge in [0.05, 0.1) is 16.3 Å². The minimum absolute atomic E-state index is 0.0189. The van der Waals surface area contributed by atoms with Crippen LogP contribution in [0.25, 0.3) is 6.08 Å². The Labute approximate surface area is 171 Å². The van der Waals surface area contributed by atoms with Gasteiger partial charge in [0.2, 0.25) is 6.79 Å². The lowest BCUT2D eigenvalue weighted by molar-refractivity contribution is -0.137. The maximum absolute atomic E-state index is 13.1. The van der Waals surface area contributed by atoms with E-state index in [0.717, 1.165) is 6.07 Å². The molecule has 2 aliphatic heterocycles. The molecule has 0 unspecified atom stereocenters. The highest BCUT2D eigenvalue weighted by atomic mass is 35.5. The van der Waals surface area contributed by atoms with Crippen LogP contribution in [-0.4, -0.2) is 24.6 Å². The van der Waals surface area contributed by atoms with Crippen LogP contribution in [0.5, 0.6) is 11.5 Å². The molecule has 7 nitrogen and oxygen atoms in total. The van der Waals surface area contributed by atoms with Crippen LogP contribution in [0.2, 0.25) is 5.02 Å². The fourth-order valence-corrected chi connectivity index (χ4v) is 3.11. The zero-order valence-corrected chi connectivity index (χ0v) is 15.5. The van der Waals surface area contributed by atoms with E-state index in [4.69, 9.17) is 21.1 Å². The van der Waals surface area contributed by atoms with Crippen LogP contribution in [0.1, 0.15) is 11.1 Å². The highest BCUT2D eigenvalue weighted by molar-refractivity contribution is 6.42. The number of carbonyl (C=O) groups excluding carboxylic acids is 3. The van der Waals surface area contributed by atoms with Crippen molar-refractivity contribution in [1.82, 2.24) is 5.32 Å². The molecule has 4 rings (SSSR count). The van der Waals surface area contributed by atoms with Crippen LogP contribution < -0.4 is 19.7 Å². The number of barbiturate groups is 1. The molecule has 1 saturated heterocycles. The minimum Gasteiger partial charge on any atom is -0.454 e. The predicted molar refractivity (Wildman–Crippen MR) is 98.0 cm³/mol. The van der Waals surface area contributed by atoms with Gasteiger partial charge in [-0.15, -0.1) is 0 Å². The first kappa shape index (κ1) is 19.8. The summed E-state index contributed by atoms with van der Waals surface area (Å²) < 4.78 is 49.6. The molecule has 0 atom stereocenters. The average molecular weight is 439 g/mol. The summed E-state index contributed by atoms with van der Waals surface area (Å²) in [5.41, 5.74) is -1.71. The number of halogens is 4. The van der Waals surface area contributed by atoms with E-state index in [1.807, 2.05) is 5.32 Å². The molecule has 2 aromatic carbocycles. The largest absolute Gasteiger partial charge is 0.454 e. The predicted octanol–water partition coefficient (Wildman–Crippen LogP) is 3.75. The van der Waals surface area contributed by atoms with Crippen molar-refractivity contribution in [2.45, 2.75) is 6.18 Å². The molecule has 0 aliphatic carbocycles. The Bertz CT molecular complexity index is 1130. The summed E-state index contributed by atoms with van der Waals surface area (Å²) in [6.45, 7) is 0.0189. The van der Waals surface area contributed by atoms with Gasteiger partial charge in [0.1, 0.15) is 5.57 Å². The first-order chi connectivity index (χ1) is 14.1. The van der Waals surface area contributed by atoms with Gasteiger partial charge in [-0.3, -0.25) is 14.9 Å². The number of ether oxygens (including phenoxy) is 2. The molecule has 0 aromatic heterocycles. The summed E-state index contributed by atoms with van der Waals surface area (Å²) in [6, 6.07) is 5.59. The molecule has 0 bridgehead atoms. The van der Waals surface area contributed by atoms with Crippen molar-refractivity contribution in [1.29, 1.82) is 0 Å². The van der Waals surface area contributed by atoms with Crippen molar-refractivity contribution in [2.24, 2.45) is 0 Å². The maximum atomic E-state index is 13.1. The van der Waals surface area contributed by atoms with E-state index in [1.54, 1.807) is 12.1 Å². The molecular formula is C19H10ClF3N2O5. The molecule has 0 radical (unpaired) electrons. The van der Waals surface area contributed by atoms with Gasteiger partial charge in [-0.2, -0.15) is 13.2 Å². The van der Waals surface area contributed by atoms with Crippen molar-refractivity contribution in [3.63, 3.8) is 0 Å². The molecule has 2 aromatic rings. The second kappa shape index (κ2) is 7.06. The third-order valence-corrected chi connectivity index (χ3v) is 4.64. The normalized spacial score (nSPS) is 17.5. The smallest absolute Gasteiger partial charge is 0.416 e. The van der Waals surface area contributed by atoms with E-state index < -0.39 is 40.8 Å². The molecule has 0 saturated carbocycles. The van der Waals surface area contributed by atoms with Crippen LogP contribution in [0.15, 0.2) is 42.0 Å². The van der Waals surface area contributed by atoms with E-state index in [2.05, 4.69) is 0 Å². The number of imide groups is 2. The fraction of sp³-hybridized carbons (Fsp3) is 0.105. The Morgan fingerprint density at radius 1 is 1.03 bits per heavy atom. The maximum Gasteiger partial charge on any atom is 0.416 e. The summed E-state index contributed by atoms with van der Waals surface area (Å²) in [5.74, 6) is -1.25. The Balaban J connectivity index is 1.75. The van der Waals surface area contributed by atoms with Gasteiger partial charge in [-0.1, -0.05) is 17.7 Å². The summed E-state index contributed by atoms with van der Waals surface area (Å²) >= 11 is 5.94. The number of hydrogen-bond acceptors (Lipinski definition) is 5. The van der Waals surface area contributed by atoms with Crippen molar-refractivity contribution >= 4 is 41.2 Å². The molecule has 2 aliphatic rings. The molecule has 30 heavy (non-hydrogen) atoms. The van der Waals surface area contributed by atoms with Crippen molar-refractivity contribution in [2.75, 3.05) is 11.7 Å². The van der Waals surface area contributed by atoms with Crippen LogP contribution >= 0.6 is 11.6 Å². The highest BCUT2D eigenvalue weighted by Gasteiger charge is 2.39. The molecule has 11 heteroatoms. The minimum atomic E-state index is -4.73. The number of anilines is 1. The Morgan fingerprint density at radius 2 is 1.77 bits per heavy atom. The molecule has 4 amide bonds. The van der Waals surface area contributed by atoms with Crippen LogP contribution in [-0.2, 0) is 15.8 Å². The van der Waals surface area contributed by atoms with Gasteiger partial charge < -0.3 is 9.47 Å². The van der Waals surface area contributed by atoms with Crippen LogP contribution in [0.4, 0.5) is 23.7 Å². The second-order valence-corrected chi connectivity index (χ2v) is 6.64. The summed E-state index contributed by atoms with van der Waals surface area (Å²) in [6.07, 6.45) is -3.55.